The molecule has 0 amide bonds. The second kappa shape index (κ2) is 6.10. The minimum Gasteiger partial charge on any atom is -0.306 e. The van der Waals surface area contributed by atoms with Gasteiger partial charge in [-0.15, -0.1) is 0 Å². The molecular weight excluding hydrogens is 256 g/mol. The third-order valence-corrected chi connectivity index (χ3v) is 5.89. The number of hydrogen-bond donors (Lipinski definition) is 1. The summed E-state index contributed by atoms with van der Waals surface area (Å²) >= 11 is 0. The number of nitrogens with zero attached hydrogens (tertiary/aromatic N) is 1. The molecule has 1 aromatic rings. The van der Waals surface area contributed by atoms with Gasteiger partial charge in [-0.3, -0.25) is 4.90 Å². The average Bonchev–Trinajstić information content (AvgIpc) is 2.82. The SMILES string of the molecule is c1ccc2c(c1)CCCCC2NC1CCN2CCCCC12. The second-order valence-corrected chi connectivity index (χ2v) is 7.16. The predicted octanol–water partition coefficient (Wildman–Crippen LogP) is 3.67. The van der Waals surface area contributed by atoms with Crippen LogP contribution < -0.4 is 5.32 Å². The summed E-state index contributed by atoms with van der Waals surface area (Å²) in [5.41, 5.74) is 3.18. The highest BCUT2D eigenvalue weighted by molar-refractivity contribution is 5.31. The molecule has 0 spiro atoms. The lowest BCUT2D eigenvalue weighted by Crippen LogP contribution is -2.46. The van der Waals surface area contributed by atoms with Gasteiger partial charge in [0.1, 0.15) is 0 Å². The van der Waals surface area contributed by atoms with E-state index in [1.165, 1.54) is 64.5 Å². The molecule has 4 rings (SSSR count). The van der Waals surface area contributed by atoms with E-state index >= 15 is 0 Å². The average molecular weight is 284 g/mol. The molecule has 1 aromatic carbocycles. The van der Waals surface area contributed by atoms with Crippen LogP contribution >= 0.6 is 0 Å². The predicted molar refractivity (Wildman–Crippen MR) is 87.5 cm³/mol. The minimum absolute atomic E-state index is 0.593. The topological polar surface area (TPSA) is 15.3 Å². The smallest absolute Gasteiger partial charge is 0.0326 e. The zero-order valence-corrected chi connectivity index (χ0v) is 13.1. The number of fused-ring (bicyclic) bond motifs is 2. The van der Waals surface area contributed by atoms with Crippen LogP contribution in [0.15, 0.2) is 24.3 Å². The summed E-state index contributed by atoms with van der Waals surface area (Å²) in [7, 11) is 0. The monoisotopic (exact) mass is 284 g/mol. The summed E-state index contributed by atoms with van der Waals surface area (Å²) in [5, 5.41) is 4.07. The van der Waals surface area contributed by atoms with Gasteiger partial charge in [0.15, 0.2) is 0 Å². The zero-order valence-electron chi connectivity index (χ0n) is 13.1. The van der Waals surface area contributed by atoms with Crippen LogP contribution in [0, 0.1) is 0 Å². The van der Waals surface area contributed by atoms with Crippen LogP contribution in [0.5, 0.6) is 0 Å². The standard InChI is InChI=1S/C19H28N2/c1-3-9-16-15(7-1)8-2-4-10-17(16)20-18-12-14-21-13-6-5-11-19(18)21/h1,3,7,9,17-20H,2,4-6,8,10-14H2. The molecule has 2 heteroatoms. The van der Waals surface area contributed by atoms with Gasteiger partial charge >= 0.3 is 0 Å². The van der Waals surface area contributed by atoms with Gasteiger partial charge in [-0.25, -0.2) is 0 Å². The van der Waals surface area contributed by atoms with E-state index in [0.717, 1.165) is 12.1 Å². The van der Waals surface area contributed by atoms with E-state index in [9.17, 15) is 0 Å². The quantitative estimate of drug-likeness (QED) is 0.834. The van der Waals surface area contributed by atoms with E-state index < -0.39 is 0 Å². The van der Waals surface area contributed by atoms with Gasteiger partial charge in [-0.2, -0.15) is 0 Å². The van der Waals surface area contributed by atoms with Crippen molar-refractivity contribution in [3.63, 3.8) is 0 Å². The molecule has 3 atom stereocenters. The van der Waals surface area contributed by atoms with Gasteiger partial charge in [0, 0.05) is 24.7 Å². The molecule has 2 nitrogen and oxygen atoms in total. The Bertz CT molecular complexity index is 484. The van der Waals surface area contributed by atoms with Gasteiger partial charge in [0.25, 0.3) is 0 Å². The first kappa shape index (κ1) is 13.8. The molecule has 0 bridgehead atoms. The number of rotatable bonds is 2. The van der Waals surface area contributed by atoms with E-state index in [-0.39, 0.29) is 0 Å². The summed E-state index contributed by atoms with van der Waals surface area (Å²) in [4.78, 5) is 2.74. The van der Waals surface area contributed by atoms with E-state index in [1.54, 1.807) is 11.1 Å². The van der Waals surface area contributed by atoms with Crippen molar-refractivity contribution in [1.82, 2.24) is 10.2 Å². The summed E-state index contributed by atoms with van der Waals surface area (Å²) in [5.74, 6) is 0. The molecule has 3 unspecified atom stereocenters. The Morgan fingerprint density at radius 3 is 2.81 bits per heavy atom. The first-order chi connectivity index (χ1) is 10.4. The van der Waals surface area contributed by atoms with Crippen molar-refractivity contribution in [2.75, 3.05) is 13.1 Å². The Labute approximate surface area is 128 Å². The highest BCUT2D eigenvalue weighted by Crippen LogP contribution is 2.33. The van der Waals surface area contributed by atoms with Crippen LogP contribution in [0.2, 0.25) is 0 Å². The molecule has 0 aromatic heterocycles. The number of hydrogen-bond acceptors (Lipinski definition) is 2. The van der Waals surface area contributed by atoms with Gasteiger partial charge in [0.2, 0.25) is 0 Å². The fraction of sp³-hybridized carbons (Fsp3) is 0.684. The molecule has 2 saturated heterocycles. The Balaban J connectivity index is 1.51. The molecular formula is C19H28N2. The fourth-order valence-corrected chi connectivity index (χ4v) is 4.79. The number of benzene rings is 1. The maximum atomic E-state index is 4.07. The van der Waals surface area contributed by atoms with Gasteiger partial charge < -0.3 is 5.32 Å². The highest BCUT2D eigenvalue weighted by Gasteiger charge is 2.36. The molecule has 0 saturated carbocycles. The van der Waals surface area contributed by atoms with Crippen molar-refractivity contribution in [2.45, 2.75) is 69.5 Å². The molecule has 3 aliphatic rings. The first-order valence-corrected chi connectivity index (χ1v) is 9.00. The first-order valence-electron chi connectivity index (χ1n) is 9.00. The van der Waals surface area contributed by atoms with E-state index in [2.05, 4.69) is 34.5 Å². The maximum absolute atomic E-state index is 4.07. The minimum atomic E-state index is 0.593. The van der Waals surface area contributed by atoms with Crippen molar-refractivity contribution in [3.8, 4) is 0 Å². The van der Waals surface area contributed by atoms with E-state index in [1.807, 2.05) is 0 Å². The Hall–Kier alpha value is -0.860. The third-order valence-electron chi connectivity index (χ3n) is 5.89. The fourth-order valence-electron chi connectivity index (χ4n) is 4.79. The van der Waals surface area contributed by atoms with Crippen LogP contribution in [-0.2, 0) is 6.42 Å². The number of piperidine rings is 1. The van der Waals surface area contributed by atoms with E-state index in [0.29, 0.717) is 6.04 Å². The maximum Gasteiger partial charge on any atom is 0.0326 e. The van der Waals surface area contributed by atoms with Gasteiger partial charge in [-0.05, 0) is 56.2 Å². The Morgan fingerprint density at radius 1 is 0.905 bits per heavy atom. The van der Waals surface area contributed by atoms with Crippen LogP contribution in [0.3, 0.4) is 0 Å². The van der Waals surface area contributed by atoms with Gasteiger partial charge in [0.05, 0.1) is 0 Å². The molecule has 2 heterocycles. The Kier molecular flexibility index (Phi) is 4.00. The van der Waals surface area contributed by atoms with Crippen LogP contribution in [0.1, 0.15) is 62.1 Å². The molecule has 1 aliphatic carbocycles. The molecule has 114 valence electrons. The van der Waals surface area contributed by atoms with Crippen molar-refractivity contribution in [1.29, 1.82) is 0 Å². The van der Waals surface area contributed by atoms with Gasteiger partial charge in [-0.1, -0.05) is 37.1 Å². The largest absolute Gasteiger partial charge is 0.306 e. The Morgan fingerprint density at radius 2 is 1.81 bits per heavy atom. The van der Waals surface area contributed by atoms with Crippen molar-refractivity contribution >= 4 is 0 Å². The van der Waals surface area contributed by atoms with Crippen LogP contribution in [0.4, 0.5) is 0 Å². The van der Waals surface area contributed by atoms with Crippen LogP contribution in [0.25, 0.3) is 0 Å². The van der Waals surface area contributed by atoms with Crippen LogP contribution in [-0.4, -0.2) is 30.1 Å². The van der Waals surface area contributed by atoms with Crippen molar-refractivity contribution in [3.05, 3.63) is 35.4 Å². The number of aryl methyl sites for hydroxylation is 1. The normalized spacial score (nSPS) is 33.2. The lowest BCUT2D eigenvalue weighted by molar-refractivity contribution is 0.175. The lowest BCUT2D eigenvalue weighted by Gasteiger charge is -2.34. The lowest BCUT2D eigenvalue weighted by atomic mass is 9.95. The summed E-state index contributed by atoms with van der Waals surface area (Å²) in [6.45, 7) is 2.65. The highest BCUT2D eigenvalue weighted by atomic mass is 15.2. The second-order valence-electron chi connectivity index (χ2n) is 7.16. The molecule has 0 radical (unpaired) electrons. The molecule has 2 fully saturated rings. The van der Waals surface area contributed by atoms with E-state index in [4.69, 9.17) is 0 Å². The summed E-state index contributed by atoms with van der Waals surface area (Å²) in [6.07, 6.45) is 10.9. The number of nitrogens with one attached hydrogen (secondary N) is 1. The third kappa shape index (κ3) is 2.76. The molecule has 21 heavy (non-hydrogen) atoms. The van der Waals surface area contributed by atoms with Crippen molar-refractivity contribution in [2.24, 2.45) is 0 Å². The summed E-state index contributed by atoms with van der Waals surface area (Å²) < 4.78 is 0. The zero-order chi connectivity index (χ0) is 14.1. The molecule has 1 N–H and O–H groups in total. The van der Waals surface area contributed by atoms with Crippen molar-refractivity contribution < 1.29 is 0 Å². The summed E-state index contributed by atoms with van der Waals surface area (Å²) in [6, 6.07) is 11.3. The molecule has 2 aliphatic heterocycles.